The number of carbonyl (C=O) groups is 1. The maximum absolute atomic E-state index is 12.5. The number of hydrogen-bond acceptors (Lipinski definition) is 3. The third-order valence-electron chi connectivity index (χ3n) is 3.61. The van der Waals surface area contributed by atoms with E-state index in [0.717, 1.165) is 11.1 Å². The van der Waals surface area contributed by atoms with Crippen molar-refractivity contribution in [2.45, 2.75) is 25.9 Å². The predicted octanol–water partition coefficient (Wildman–Crippen LogP) is 0.936. The van der Waals surface area contributed by atoms with Crippen LogP contribution in [0.2, 0.25) is 0 Å². The lowest BCUT2D eigenvalue weighted by Crippen LogP contribution is -2.34. The van der Waals surface area contributed by atoms with Crippen molar-refractivity contribution in [1.29, 1.82) is 0 Å². The zero-order valence-electron chi connectivity index (χ0n) is 11.8. The minimum absolute atomic E-state index is 0.0760. The van der Waals surface area contributed by atoms with Crippen molar-refractivity contribution in [2.75, 3.05) is 19.7 Å². The first-order valence-corrected chi connectivity index (χ1v) is 6.65. The molecule has 1 aliphatic heterocycles. The van der Waals surface area contributed by atoms with Crippen LogP contribution in [0.3, 0.4) is 0 Å². The first kappa shape index (κ1) is 14.6. The van der Waals surface area contributed by atoms with E-state index in [1.165, 1.54) is 0 Å². The third kappa shape index (κ3) is 3.01. The summed E-state index contributed by atoms with van der Waals surface area (Å²) in [6.07, 6.45) is 0.599. The molecule has 0 bridgehead atoms. The predicted molar refractivity (Wildman–Crippen MR) is 76.3 cm³/mol. The van der Waals surface area contributed by atoms with Gasteiger partial charge in [0.05, 0.1) is 5.60 Å². The largest absolute Gasteiger partial charge is 0.388 e. The summed E-state index contributed by atoms with van der Waals surface area (Å²) in [5, 5.41) is 18.7. The molecule has 0 spiro atoms. The fourth-order valence-electron chi connectivity index (χ4n) is 2.43. The van der Waals surface area contributed by atoms with Crippen LogP contribution in [0.1, 0.15) is 34.8 Å². The number of hydrogen-bond donors (Lipinski definition) is 2. The standard InChI is InChI=1S/C16H19NO3/c1-12-13(6-4-10-18)5-3-7-14(12)15(19)17-9-8-16(2,20)11-17/h3,5,7,18,20H,8-11H2,1-2H3. The second-order valence-corrected chi connectivity index (χ2v) is 5.41. The van der Waals surface area contributed by atoms with Crippen molar-refractivity contribution in [1.82, 2.24) is 4.90 Å². The van der Waals surface area contributed by atoms with Crippen molar-refractivity contribution in [3.63, 3.8) is 0 Å². The molecule has 4 nitrogen and oxygen atoms in total. The zero-order chi connectivity index (χ0) is 14.8. The molecule has 1 aromatic carbocycles. The third-order valence-corrected chi connectivity index (χ3v) is 3.61. The summed E-state index contributed by atoms with van der Waals surface area (Å²) in [5.41, 5.74) is 1.37. The van der Waals surface area contributed by atoms with Crippen LogP contribution in [0.5, 0.6) is 0 Å². The van der Waals surface area contributed by atoms with E-state index in [2.05, 4.69) is 11.8 Å². The molecule has 1 aromatic rings. The van der Waals surface area contributed by atoms with Crippen molar-refractivity contribution < 1.29 is 15.0 Å². The van der Waals surface area contributed by atoms with Crippen molar-refractivity contribution in [2.24, 2.45) is 0 Å². The molecule has 1 atom stereocenters. The quantitative estimate of drug-likeness (QED) is 0.749. The van der Waals surface area contributed by atoms with Crippen LogP contribution >= 0.6 is 0 Å². The van der Waals surface area contributed by atoms with Gasteiger partial charge in [-0.1, -0.05) is 17.9 Å². The Labute approximate surface area is 119 Å². The van der Waals surface area contributed by atoms with Gasteiger partial charge in [-0.15, -0.1) is 0 Å². The number of aliphatic hydroxyl groups is 2. The summed E-state index contributed by atoms with van der Waals surface area (Å²) in [4.78, 5) is 14.2. The minimum Gasteiger partial charge on any atom is -0.388 e. The number of rotatable bonds is 1. The summed E-state index contributed by atoms with van der Waals surface area (Å²) < 4.78 is 0. The Bertz CT molecular complexity index is 581. The summed E-state index contributed by atoms with van der Waals surface area (Å²) in [6.45, 7) is 4.32. The van der Waals surface area contributed by atoms with Gasteiger partial charge in [0, 0.05) is 24.2 Å². The molecule has 0 radical (unpaired) electrons. The highest BCUT2D eigenvalue weighted by molar-refractivity contribution is 5.96. The average molecular weight is 273 g/mol. The van der Waals surface area contributed by atoms with E-state index >= 15 is 0 Å². The molecule has 0 aromatic heterocycles. The highest BCUT2D eigenvalue weighted by atomic mass is 16.3. The van der Waals surface area contributed by atoms with Crippen LogP contribution in [-0.2, 0) is 0 Å². The van der Waals surface area contributed by atoms with E-state index in [-0.39, 0.29) is 12.5 Å². The molecule has 0 aliphatic carbocycles. The second kappa shape index (κ2) is 5.66. The molecular weight excluding hydrogens is 254 g/mol. The van der Waals surface area contributed by atoms with Crippen LogP contribution in [0.4, 0.5) is 0 Å². The Balaban J connectivity index is 2.27. The smallest absolute Gasteiger partial charge is 0.254 e. The van der Waals surface area contributed by atoms with Crippen molar-refractivity contribution in [3.8, 4) is 11.8 Å². The number of amides is 1. The highest BCUT2D eigenvalue weighted by Crippen LogP contribution is 2.23. The lowest BCUT2D eigenvalue weighted by molar-refractivity contribution is 0.0571. The Morgan fingerprint density at radius 1 is 1.50 bits per heavy atom. The number of β-amino-alcohol motifs (C(OH)–C–C–N with tert-alkyl or cyclic N) is 1. The van der Waals surface area contributed by atoms with Gasteiger partial charge in [-0.05, 0) is 38.0 Å². The van der Waals surface area contributed by atoms with E-state index in [0.29, 0.717) is 25.1 Å². The van der Waals surface area contributed by atoms with Gasteiger partial charge < -0.3 is 15.1 Å². The summed E-state index contributed by atoms with van der Waals surface area (Å²) in [7, 11) is 0. The molecule has 1 saturated heterocycles. The Morgan fingerprint density at radius 3 is 2.85 bits per heavy atom. The summed E-state index contributed by atoms with van der Waals surface area (Å²) in [6, 6.07) is 5.39. The van der Waals surface area contributed by atoms with Crippen molar-refractivity contribution in [3.05, 3.63) is 34.9 Å². The molecule has 1 amide bonds. The SMILES string of the molecule is Cc1c(C#CCO)cccc1C(=O)N1CCC(C)(O)C1. The van der Waals surface area contributed by atoms with E-state index < -0.39 is 5.60 Å². The first-order valence-electron chi connectivity index (χ1n) is 6.65. The summed E-state index contributed by atoms with van der Waals surface area (Å²) in [5.74, 6) is 5.36. The van der Waals surface area contributed by atoms with Gasteiger partial charge >= 0.3 is 0 Å². The van der Waals surface area contributed by atoms with Crippen LogP contribution in [0, 0.1) is 18.8 Å². The van der Waals surface area contributed by atoms with E-state index in [1.807, 2.05) is 13.0 Å². The van der Waals surface area contributed by atoms with Gasteiger partial charge in [-0.25, -0.2) is 0 Å². The minimum atomic E-state index is -0.794. The van der Waals surface area contributed by atoms with Gasteiger partial charge in [-0.3, -0.25) is 4.79 Å². The lowest BCUT2D eigenvalue weighted by atomic mass is 10.0. The van der Waals surface area contributed by atoms with Crippen LogP contribution in [0.15, 0.2) is 18.2 Å². The van der Waals surface area contributed by atoms with Crippen molar-refractivity contribution >= 4 is 5.91 Å². The molecule has 106 valence electrons. The van der Waals surface area contributed by atoms with Crippen LogP contribution in [0.25, 0.3) is 0 Å². The first-order chi connectivity index (χ1) is 9.44. The van der Waals surface area contributed by atoms with E-state index in [4.69, 9.17) is 5.11 Å². The normalized spacial score (nSPS) is 21.5. The fourth-order valence-corrected chi connectivity index (χ4v) is 2.43. The van der Waals surface area contributed by atoms with Crippen LogP contribution < -0.4 is 0 Å². The molecule has 2 rings (SSSR count). The summed E-state index contributed by atoms with van der Waals surface area (Å²) >= 11 is 0. The molecule has 1 unspecified atom stereocenters. The monoisotopic (exact) mass is 273 g/mol. The molecule has 4 heteroatoms. The van der Waals surface area contributed by atoms with Gasteiger partial charge in [0.15, 0.2) is 0 Å². The molecule has 1 fully saturated rings. The number of aliphatic hydroxyl groups excluding tert-OH is 1. The Hall–Kier alpha value is -1.83. The highest BCUT2D eigenvalue weighted by Gasteiger charge is 2.34. The molecular formula is C16H19NO3. The lowest BCUT2D eigenvalue weighted by Gasteiger charge is -2.20. The molecule has 1 heterocycles. The van der Waals surface area contributed by atoms with Gasteiger partial charge in [0.25, 0.3) is 5.91 Å². The molecule has 2 N–H and O–H groups in total. The van der Waals surface area contributed by atoms with Crippen LogP contribution in [-0.4, -0.2) is 46.3 Å². The van der Waals surface area contributed by atoms with Gasteiger partial charge in [0.1, 0.15) is 6.61 Å². The maximum Gasteiger partial charge on any atom is 0.254 e. The zero-order valence-corrected chi connectivity index (χ0v) is 11.8. The topological polar surface area (TPSA) is 60.8 Å². The second-order valence-electron chi connectivity index (χ2n) is 5.41. The number of carbonyl (C=O) groups excluding carboxylic acids is 1. The molecule has 0 saturated carbocycles. The average Bonchev–Trinajstić information content (AvgIpc) is 2.77. The fraction of sp³-hybridized carbons (Fsp3) is 0.438. The Kier molecular flexibility index (Phi) is 4.12. The number of benzene rings is 1. The number of nitrogens with zero attached hydrogens (tertiary/aromatic N) is 1. The molecule has 20 heavy (non-hydrogen) atoms. The molecule has 1 aliphatic rings. The number of likely N-dealkylation sites (tertiary alicyclic amines) is 1. The van der Waals surface area contributed by atoms with Gasteiger partial charge in [-0.2, -0.15) is 0 Å². The van der Waals surface area contributed by atoms with E-state index in [1.54, 1.807) is 24.0 Å². The van der Waals surface area contributed by atoms with Gasteiger partial charge in [0.2, 0.25) is 0 Å². The maximum atomic E-state index is 12.5. The Morgan fingerprint density at radius 2 is 2.25 bits per heavy atom. The van der Waals surface area contributed by atoms with E-state index in [9.17, 15) is 9.90 Å².